The summed E-state index contributed by atoms with van der Waals surface area (Å²) in [6.07, 6.45) is 21.3. The van der Waals surface area contributed by atoms with Gasteiger partial charge in [-0.25, -0.2) is 5.01 Å². The fourth-order valence-corrected chi connectivity index (χ4v) is 3.11. The van der Waals surface area contributed by atoms with E-state index in [0.717, 1.165) is 6.54 Å². The number of hydrogen-bond acceptors (Lipinski definition) is 2. The maximum atomic E-state index is 5.90. The van der Waals surface area contributed by atoms with Crippen molar-refractivity contribution in [2.24, 2.45) is 5.84 Å². The van der Waals surface area contributed by atoms with Gasteiger partial charge < -0.3 is 0 Å². The molecule has 0 aromatic heterocycles. The summed E-state index contributed by atoms with van der Waals surface area (Å²) in [5.74, 6) is 5.90. The fraction of sp³-hybridized carbons (Fsp3) is 1.00. The van der Waals surface area contributed by atoms with Gasteiger partial charge in [-0.2, -0.15) is 0 Å². The zero-order valence-corrected chi connectivity index (χ0v) is 15.9. The molecule has 0 aliphatic heterocycles. The van der Waals surface area contributed by atoms with Crippen LogP contribution in [0, 0.1) is 0 Å². The zero-order valence-electron chi connectivity index (χ0n) is 15.9. The third-order valence-corrected chi connectivity index (χ3v) is 4.91. The Labute approximate surface area is 141 Å². The number of rotatable bonds is 17. The van der Waals surface area contributed by atoms with Gasteiger partial charge in [0.2, 0.25) is 0 Å². The molecular weight excluding hydrogens is 268 g/mol. The first-order valence-electron chi connectivity index (χ1n) is 10.2. The minimum atomic E-state index is 0.544. The van der Waals surface area contributed by atoms with Crippen molar-refractivity contribution >= 4 is 0 Å². The van der Waals surface area contributed by atoms with Crippen molar-refractivity contribution < 1.29 is 0 Å². The summed E-state index contributed by atoms with van der Waals surface area (Å²) in [6, 6.07) is 0.544. The van der Waals surface area contributed by atoms with E-state index in [9.17, 15) is 0 Å². The normalized spacial score (nSPS) is 13.0. The molecule has 1 unspecified atom stereocenters. The molecule has 0 bridgehead atoms. The molecule has 0 saturated heterocycles. The Balaban J connectivity index is 3.08. The Morgan fingerprint density at radius 1 is 0.636 bits per heavy atom. The summed E-state index contributed by atoms with van der Waals surface area (Å²) in [7, 11) is 0. The minimum absolute atomic E-state index is 0.544. The van der Waals surface area contributed by atoms with Crippen LogP contribution >= 0.6 is 0 Å². The predicted molar refractivity (Wildman–Crippen MR) is 101 cm³/mol. The number of nitrogens with two attached hydrogens (primary N) is 1. The quantitative estimate of drug-likeness (QED) is 0.190. The maximum Gasteiger partial charge on any atom is 0.0212 e. The highest BCUT2D eigenvalue weighted by Crippen LogP contribution is 2.14. The second-order valence-corrected chi connectivity index (χ2v) is 7.06. The molecular formula is C20H44N2. The van der Waals surface area contributed by atoms with Gasteiger partial charge in [0.25, 0.3) is 0 Å². The van der Waals surface area contributed by atoms with Crippen molar-refractivity contribution in [2.45, 2.75) is 123 Å². The molecule has 0 amide bonds. The van der Waals surface area contributed by atoms with Gasteiger partial charge >= 0.3 is 0 Å². The van der Waals surface area contributed by atoms with Crippen LogP contribution in [-0.4, -0.2) is 17.6 Å². The summed E-state index contributed by atoms with van der Waals surface area (Å²) < 4.78 is 0. The first-order valence-corrected chi connectivity index (χ1v) is 10.2. The van der Waals surface area contributed by atoms with E-state index in [1.807, 2.05) is 5.01 Å². The van der Waals surface area contributed by atoms with E-state index in [-0.39, 0.29) is 0 Å². The van der Waals surface area contributed by atoms with Gasteiger partial charge in [-0.3, -0.25) is 5.84 Å². The summed E-state index contributed by atoms with van der Waals surface area (Å²) >= 11 is 0. The molecule has 2 nitrogen and oxygen atoms in total. The van der Waals surface area contributed by atoms with Crippen LogP contribution in [0.25, 0.3) is 0 Å². The lowest BCUT2D eigenvalue weighted by Crippen LogP contribution is -2.38. The molecule has 0 aromatic rings. The molecule has 0 radical (unpaired) electrons. The molecule has 0 saturated carbocycles. The molecule has 0 aliphatic rings. The van der Waals surface area contributed by atoms with Crippen molar-refractivity contribution in [3.63, 3.8) is 0 Å². The highest BCUT2D eigenvalue weighted by atomic mass is 15.4. The topological polar surface area (TPSA) is 29.3 Å². The molecule has 2 N–H and O–H groups in total. The third kappa shape index (κ3) is 14.8. The van der Waals surface area contributed by atoms with Gasteiger partial charge in [-0.1, -0.05) is 104 Å². The largest absolute Gasteiger partial charge is 0.269 e. The Hall–Kier alpha value is -0.0800. The standard InChI is InChI=1S/C20H44N2/c1-4-6-7-8-9-10-11-12-13-14-15-16-17-18-19-20(3)22(21)5-2/h20H,4-19,21H2,1-3H3. The Bertz CT molecular complexity index is 206. The van der Waals surface area contributed by atoms with Crippen LogP contribution in [-0.2, 0) is 0 Å². The van der Waals surface area contributed by atoms with Gasteiger partial charge in [0.05, 0.1) is 0 Å². The average Bonchev–Trinajstić information content (AvgIpc) is 2.54. The van der Waals surface area contributed by atoms with Gasteiger partial charge in [-0.15, -0.1) is 0 Å². The predicted octanol–water partition coefficient (Wildman–Crippen LogP) is 6.44. The molecule has 0 fully saturated rings. The molecule has 0 spiro atoms. The first-order chi connectivity index (χ1) is 10.7. The first kappa shape index (κ1) is 21.9. The molecule has 0 aromatic carbocycles. The average molecular weight is 313 g/mol. The van der Waals surface area contributed by atoms with E-state index in [2.05, 4.69) is 20.8 Å². The van der Waals surface area contributed by atoms with Crippen molar-refractivity contribution in [1.82, 2.24) is 5.01 Å². The molecule has 1 atom stereocenters. The van der Waals surface area contributed by atoms with E-state index < -0.39 is 0 Å². The molecule has 22 heavy (non-hydrogen) atoms. The number of nitrogens with zero attached hydrogens (tertiary/aromatic N) is 1. The SMILES string of the molecule is CCCCCCCCCCCCCCCCC(C)N(N)CC. The summed E-state index contributed by atoms with van der Waals surface area (Å²) in [5, 5.41) is 1.96. The fourth-order valence-electron chi connectivity index (χ4n) is 3.11. The summed E-state index contributed by atoms with van der Waals surface area (Å²) in [4.78, 5) is 0. The van der Waals surface area contributed by atoms with Crippen molar-refractivity contribution in [1.29, 1.82) is 0 Å². The van der Waals surface area contributed by atoms with Crippen LogP contribution in [0.2, 0.25) is 0 Å². The van der Waals surface area contributed by atoms with Gasteiger partial charge in [0.15, 0.2) is 0 Å². The number of hydrazine groups is 1. The molecule has 0 rings (SSSR count). The maximum absolute atomic E-state index is 5.90. The van der Waals surface area contributed by atoms with Crippen molar-refractivity contribution in [3.05, 3.63) is 0 Å². The van der Waals surface area contributed by atoms with Gasteiger partial charge in [-0.05, 0) is 13.3 Å². The van der Waals surface area contributed by atoms with Crippen LogP contribution in [0.5, 0.6) is 0 Å². The monoisotopic (exact) mass is 312 g/mol. The van der Waals surface area contributed by atoms with Gasteiger partial charge in [0.1, 0.15) is 0 Å². The Morgan fingerprint density at radius 2 is 1.00 bits per heavy atom. The summed E-state index contributed by atoms with van der Waals surface area (Å²) in [6.45, 7) is 7.62. The number of hydrogen-bond donors (Lipinski definition) is 1. The lowest BCUT2D eigenvalue weighted by Gasteiger charge is -2.22. The molecule has 134 valence electrons. The summed E-state index contributed by atoms with van der Waals surface area (Å²) in [5.41, 5.74) is 0. The second kappa shape index (κ2) is 17.3. The highest BCUT2D eigenvalue weighted by Gasteiger charge is 2.06. The molecule has 0 aliphatic carbocycles. The van der Waals surface area contributed by atoms with Crippen LogP contribution in [0.4, 0.5) is 0 Å². The van der Waals surface area contributed by atoms with Gasteiger partial charge in [0, 0.05) is 12.6 Å². The molecule has 0 heterocycles. The Kier molecular flexibility index (Phi) is 17.2. The van der Waals surface area contributed by atoms with Crippen LogP contribution in [0.1, 0.15) is 117 Å². The van der Waals surface area contributed by atoms with Crippen molar-refractivity contribution in [2.75, 3.05) is 6.54 Å². The lowest BCUT2D eigenvalue weighted by atomic mass is 10.0. The van der Waals surface area contributed by atoms with E-state index in [1.165, 1.54) is 96.3 Å². The smallest absolute Gasteiger partial charge is 0.0212 e. The number of unbranched alkanes of at least 4 members (excludes halogenated alkanes) is 13. The highest BCUT2D eigenvalue weighted by molar-refractivity contribution is 4.60. The molecule has 2 heteroatoms. The minimum Gasteiger partial charge on any atom is -0.269 e. The van der Waals surface area contributed by atoms with E-state index >= 15 is 0 Å². The van der Waals surface area contributed by atoms with E-state index in [0.29, 0.717) is 6.04 Å². The Morgan fingerprint density at radius 3 is 1.36 bits per heavy atom. The van der Waals surface area contributed by atoms with Crippen molar-refractivity contribution in [3.8, 4) is 0 Å². The van der Waals surface area contributed by atoms with E-state index in [4.69, 9.17) is 5.84 Å². The third-order valence-electron chi connectivity index (χ3n) is 4.91. The zero-order chi connectivity index (χ0) is 16.5. The van der Waals surface area contributed by atoms with Crippen LogP contribution < -0.4 is 5.84 Å². The second-order valence-electron chi connectivity index (χ2n) is 7.06. The lowest BCUT2D eigenvalue weighted by molar-refractivity contribution is 0.211. The van der Waals surface area contributed by atoms with E-state index in [1.54, 1.807) is 0 Å². The van der Waals surface area contributed by atoms with Crippen LogP contribution in [0.15, 0.2) is 0 Å². The van der Waals surface area contributed by atoms with Crippen LogP contribution in [0.3, 0.4) is 0 Å².